The maximum Gasteiger partial charge on any atom is 0.248 e. The Morgan fingerprint density at radius 2 is 1.79 bits per heavy atom. The Bertz CT molecular complexity index is 1020. The van der Waals surface area contributed by atoms with Crippen molar-refractivity contribution >= 4 is 21.7 Å². The van der Waals surface area contributed by atoms with Gasteiger partial charge in [-0.05, 0) is 43.9 Å². The number of aromatic nitrogens is 3. The summed E-state index contributed by atoms with van der Waals surface area (Å²) >= 11 is 0. The fourth-order valence-electron chi connectivity index (χ4n) is 5.26. The zero-order chi connectivity index (χ0) is 24.8. The van der Waals surface area contributed by atoms with E-state index < -0.39 is 33.4 Å². The normalized spacial score (nSPS) is 29.1. The highest BCUT2D eigenvalue weighted by Gasteiger charge is 2.46. The number of nitrogens with zero attached hydrogens (tertiary/aromatic N) is 4. The molecule has 0 unspecified atom stereocenters. The van der Waals surface area contributed by atoms with Crippen LogP contribution in [0.1, 0.15) is 83.4 Å². The molecule has 3 fully saturated rings. The molecule has 0 spiro atoms. The van der Waals surface area contributed by atoms with E-state index in [2.05, 4.69) is 15.6 Å². The summed E-state index contributed by atoms with van der Waals surface area (Å²) < 4.78 is 25.2. The number of aliphatic hydroxyl groups is 1. The van der Waals surface area contributed by atoms with Gasteiger partial charge in [0, 0.05) is 37.4 Å². The third-order valence-electron chi connectivity index (χ3n) is 7.33. The summed E-state index contributed by atoms with van der Waals surface area (Å²) in [6.45, 7) is 5.95. The van der Waals surface area contributed by atoms with Crippen LogP contribution in [0, 0.1) is 5.41 Å². The molecule has 190 valence electrons. The molecule has 11 heteroatoms. The lowest BCUT2D eigenvalue weighted by Crippen LogP contribution is -2.52. The standard InChI is InChI=1S/C23H37N5O5S/c1-23(2,3)20(28-13-18(25-26-28)14-5-6-14)22(31)27-12-16(29)11-19(27)21(30)24-15-7-9-17(10-8-15)34(4,32)33/h13-17,19-20,29H,5-12H2,1-4H3,(H,24,30)/t15?,16-,17?,19+,20-/m1/s1. The lowest BCUT2D eigenvalue weighted by Gasteiger charge is -2.35. The molecular formula is C23H37N5O5S. The third kappa shape index (κ3) is 5.45. The average Bonchev–Trinajstić information content (AvgIpc) is 3.34. The quantitative estimate of drug-likeness (QED) is 0.605. The number of nitrogens with one attached hydrogen (secondary N) is 1. The summed E-state index contributed by atoms with van der Waals surface area (Å²) in [5.74, 6) is -0.135. The molecule has 0 bridgehead atoms. The lowest BCUT2D eigenvalue weighted by molar-refractivity contribution is -0.144. The number of hydrogen-bond acceptors (Lipinski definition) is 7. The van der Waals surface area contributed by atoms with Gasteiger partial charge in [-0.2, -0.15) is 0 Å². The lowest BCUT2D eigenvalue weighted by atomic mass is 9.85. The van der Waals surface area contributed by atoms with Crippen LogP contribution in [-0.4, -0.2) is 81.5 Å². The summed E-state index contributed by atoms with van der Waals surface area (Å²) in [5.41, 5.74) is 0.409. The van der Waals surface area contributed by atoms with E-state index in [0.29, 0.717) is 31.6 Å². The van der Waals surface area contributed by atoms with Gasteiger partial charge in [-0.1, -0.05) is 26.0 Å². The predicted molar refractivity (Wildman–Crippen MR) is 126 cm³/mol. The molecule has 0 radical (unpaired) electrons. The van der Waals surface area contributed by atoms with Crippen molar-refractivity contribution in [1.82, 2.24) is 25.2 Å². The van der Waals surface area contributed by atoms with Crippen LogP contribution in [0.5, 0.6) is 0 Å². The summed E-state index contributed by atoms with van der Waals surface area (Å²) in [6, 6.07) is -1.56. The smallest absolute Gasteiger partial charge is 0.248 e. The van der Waals surface area contributed by atoms with Crippen LogP contribution >= 0.6 is 0 Å². The van der Waals surface area contributed by atoms with Gasteiger partial charge in [0.25, 0.3) is 0 Å². The molecular weight excluding hydrogens is 458 g/mol. The largest absolute Gasteiger partial charge is 0.391 e. The van der Waals surface area contributed by atoms with E-state index in [1.54, 1.807) is 4.68 Å². The molecule has 10 nitrogen and oxygen atoms in total. The third-order valence-corrected chi connectivity index (χ3v) is 9.02. The van der Waals surface area contributed by atoms with Crippen LogP contribution in [0.15, 0.2) is 6.20 Å². The van der Waals surface area contributed by atoms with Gasteiger partial charge in [0.05, 0.1) is 17.0 Å². The fraction of sp³-hybridized carbons (Fsp3) is 0.826. The topological polar surface area (TPSA) is 134 Å². The molecule has 1 aromatic rings. The number of hydrogen-bond donors (Lipinski definition) is 2. The molecule has 1 aliphatic heterocycles. The van der Waals surface area contributed by atoms with Crippen molar-refractivity contribution < 1.29 is 23.1 Å². The van der Waals surface area contributed by atoms with Crippen molar-refractivity contribution in [3.63, 3.8) is 0 Å². The Hall–Kier alpha value is -2.01. The van der Waals surface area contributed by atoms with E-state index in [9.17, 15) is 23.1 Å². The van der Waals surface area contributed by atoms with Gasteiger partial charge in [0.1, 0.15) is 21.9 Å². The van der Waals surface area contributed by atoms with Crippen molar-refractivity contribution in [2.75, 3.05) is 12.8 Å². The highest BCUT2D eigenvalue weighted by atomic mass is 32.2. The number of rotatable bonds is 6. The maximum atomic E-state index is 13.8. The van der Waals surface area contributed by atoms with Crippen molar-refractivity contribution in [1.29, 1.82) is 0 Å². The van der Waals surface area contributed by atoms with Crippen molar-refractivity contribution in [3.8, 4) is 0 Å². The Balaban J connectivity index is 1.47. The summed E-state index contributed by atoms with van der Waals surface area (Å²) in [4.78, 5) is 28.4. The Morgan fingerprint density at radius 3 is 2.35 bits per heavy atom. The zero-order valence-corrected chi connectivity index (χ0v) is 21.3. The van der Waals surface area contributed by atoms with E-state index in [4.69, 9.17) is 0 Å². The molecule has 2 aliphatic carbocycles. The second-order valence-electron chi connectivity index (χ2n) is 11.4. The number of amides is 2. The molecule has 1 aromatic heterocycles. The minimum Gasteiger partial charge on any atom is -0.391 e. The predicted octanol–water partition coefficient (Wildman–Crippen LogP) is 1.18. The van der Waals surface area contributed by atoms with Gasteiger partial charge in [0.15, 0.2) is 0 Å². The minimum absolute atomic E-state index is 0.0918. The van der Waals surface area contributed by atoms with Crippen LogP contribution in [0.4, 0.5) is 0 Å². The molecule has 4 rings (SSSR count). The first-order chi connectivity index (χ1) is 15.8. The van der Waals surface area contributed by atoms with Gasteiger partial charge >= 0.3 is 0 Å². The Morgan fingerprint density at radius 1 is 1.15 bits per heavy atom. The molecule has 2 amide bonds. The summed E-state index contributed by atoms with van der Waals surface area (Å²) in [5, 5.41) is 21.5. The first-order valence-corrected chi connectivity index (χ1v) is 14.2. The van der Waals surface area contributed by atoms with E-state index in [0.717, 1.165) is 18.5 Å². The van der Waals surface area contributed by atoms with Crippen molar-refractivity contribution in [3.05, 3.63) is 11.9 Å². The van der Waals surface area contributed by atoms with Gasteiger partial charge in [-0.15, -0.1) is 5.10 Å². The highest BCUT2D eigenvalue weighted by Crippen LogP contribution is 2.40. The van der Waals surface area contributed by atoms with E-state index in [1.165, 1.54) is 11.2 Å². The van der Waals surface area contributed by atoms with Crippen molar-refractivity contribution in [2.45, 2.75) is 101 Å². The molecule has 34 heavy (non-hydrogen) atoms. The van der Waals surface area contributed by atoms with Crippen molar-refractivity contribution in [2.24, 2.45) is 5.41 Å². The maximum absolute atomic E-state index is 13.8. The van der Waals surface area contributed by atoms with E-state index in [1.807, 2.05) is 27.0 Å². The average molecular weight is 496 g/mol. The van der Waals surface area contributed by atoms with Gasteiger partial charge in [-0.3, -0.25) is 9.59 Å². The molecule has 2 saturated carbocycles. The monoisotopic (exact) mass is 495 g/mol. The number of aliphatic hydroxyl groups excluding tert-OH is 1. The number of carbonyl (C=O) groups excluding carboxylic acids is 2. The number of carbonyl (C=O) groups is 2. The fourth-order valence-corrected chi connectivity index (χ4v) is 6.39. The first-order valence-electron chi connectivity index (χ1n) is 12.2. The molecule has 2 heterocycles. The molecule has 0 aromatic carbocycles. The minimum atomic E-state index is -3.08. The first kappa shape index (κ1) is 25.1. The van der Waals surface area contributed by atoms with Gasteiger partial charge in [-0.25, -0.2) is 13.1 Å². The zero-order valence-electron chi connectivity index (χ0n) is 20.5. The number of likely N-dealkylation sites (tertiary alicyclic amines) is 1. The van der Waals surface area contributed by atoms with E-state index >= 15 is 0 Å². The molecule has 3 atom stereocenters. The van der Waals surface area contributed by atoms with E-state index in [-0.39, 0.29) is 36.1 Å². The number of sulfone groups is 1. The summed E-state index contributed by atoms with van der Waals surface area (Å²) in [7, 11) is -3.08. The van der Waals surface area contributed by atoms with Crippen LogP contribution in [0.2, 0.25) is 0 Å². The van der Waals surface area contributed by atoms with Crippen LogP contribution in [0.25, 0.3) is 0 Å². The second kappa shape index (κ2) is 9.22. The molecule has 2 N–H and O–H groups in total. The highest BCUT2D eigenvalue weighted by molar-refractivity contribution is 7.91. The Kier molecular flexibility index (Phi) is 6.80. The van der Waals surface area contributed by atoms with Crippen LogP contribution in [0.3, 0.4) is 0 Å². The molecule has 3 aliphatic rings. The molecule has 1 saturated heterocycles. The van der Waals surface area contributed by atoms with Crippen LogP contribution < -0.4 is 5.32 Å². The van der Waals surface area contributed by atoms with Gasteiger partial charge in [0.2, 0.25) is 11.8 Å². The second-order valence-corrected chi connectivity index (χ2v) is 13.7. The van der Waals surface area contributed by atoms with Gasteiger partial charge < -0.3 is 15.3 Å². The van der Waals surface area contributed by atoms with Crippen LogP contribution in [-0.2, 0) is 19.4 Å². The summed E-state index contributed by atoms with van der Waals surface area (Å²) in [6.07, 6.45) is 6.86. The SMILES string of the molecule is CC(C)(C)[C@@H](C(=O)N1C[C@H](O)C[C@H]1C(=O)NC1CCC(S(C)(=O)=O)CC1)n1cc(C2CC2)nn1. The Labute approximate surface area is 201 Å². The number of β-amino-alcohol motifs (C(OH)–C–C–N with tert-alkyl or cyclic N) is 1.